The number of hydrogen-bond acceptors (Lipinski definition) is 4. The van der Waals surface area contributed by atoms with Crippen molar-refractivity contribution in [2.45, 2.75) is 11.2 Å². The van der Waals surface area contributed by atoms with Crippen molar-refractivity contribution >= 4 is 43.6 Å². The Morgan fingerprint density at radius 3 is 2.32 bits per heavy atom. The number of ketones is 1. The van der Waals surface area contributed by atoms with Crippen LogP contribution in [0.15, 0.2) is 16.6 Å². The molecule has 0 saturated heterocycles. The maximum Gasteiger partial charge on any atom is 0.304 e. The lowest BCUT2D eigenvalue weighted by atomic mass is 10.0. The molecule has 19 heavy (non-hydrogen) atoms. The second kappa shape index (κ2) is 6.91. The van der Waals surface area contributed by atoms with E-state index in [4.69, 9.17) is 14.6 Å². The average Bonchev–Trinajstić information content (AvgIpc) is 2.36. The van der Waals surface area contributed by atoms with Gasteiger partial charge in [-0.3, -0.25) is 9.59 Å². The second-order valence-corrected chi connectivity index (χ2v) is 5.58. The summed E-state index contributed by atoms with van der Waals surface area (Å²) in [5.74, 6) is -0.602. The molecule has 0 aromatic heterocycles. The molecule has 7 heteroatoms. The molecule has 1 unspecified atom stereocenters. The number of carbonyl (C=O) groups is 2. The molecule has 0 amide bonds. The Kier molecular flexibility index (Phi) is 5.81. The van der Waals surface area contributed by atoms with Gasteiger partial charge >= 0.3 is 5.97 Å². The van der Waals surface area contributed by atoms with Crippen LogP contribution in [0, 0.1) is 0 Å². The van der Waals surface area contributed by atoms with Gasteiger partial charge in [0.15, 0.2) is 5.78 Å². The molecule has 0 spiro atoms. The zero-order valence-electron chi connectivity index (χ0n) is 10.3. The third-order valence-corrected chi connectivity index (χ3v) is 3.74. The van der Waals surface area contributed by atoms with Crippen molar-refractivity contribution in [3.63, 3.8) is 0 Å². The number of hydrogen-bond donors (Lipinski definition) is 1. The summed E-state index contributed by atoms with van der Waals surface area (Å²) >= 11 is 6.36. The summed E-state index contributed by atoms with van der Waals surface area (Å²) in [5, 5.41) is 8.71. The van der Waals surface area contributed by atoms with Crippen LogP contribution in [0.3, 0.4) is 0 Å². The number of alkyl halides is 1. The molecule has 0 saturated carbocycles. The Hall–Kier alpha value is -1.08. The summed E-state index contributed by atoms with van der Waals surface area (Å²) in [7, 11) is 2.91. The van der Waals surface area contributed by atoms with E-state index in [1.54, 1.807) is 6.07 Å². The average molecular weight is 396 g/mol. The Morgan fingerprint density at radius 2 is 1.84 bits per heavy atom. The van der Waals surface area contributed by atoms with E-state index in [1.807, 2.05) is 0 Å². The minimum Gasteiger partial charge on any atom is -0.496 e. The third-order valence-electron chi connectivity index (χ3n) is 2.38. The highest BCUT2D eigenvalue weighted by molar-refractivity contribution is 9.10. The first-order chi connectivity index (χ1) is 8.90. The Labute approximate surface area is 127 Å². The molecule has 1 atom stereocenters. The van der Waals surface area contributed by atoms with Crippen LogP contribution in [0.2, 0.25) is 0 Å². The third kappa shape index (κ3) is 3.94. The van der Waals surface area contributed by atoms with E-state index < -0.39 is 10.8 Å². The van der Waals surface area contributed by atoms with E-state index in [-0.39, 0.29) is 17.8 Å². The minimum atomic E-state index is -1.06. The Balaban J connectivity index is 3.17. The molecule has 0 aliphatic rings. The van der Waals surface area contributed by atoms with E-state index in [0.717, 1.165) is 0 Å². The standard InChI is InChI=1S/C12H12Br2O5/c1-18-9-4-7(13)10(19-2)3-6(9)12(17)8(14)5-11(15)16/h3-4,8H,5H2,1-2H3,(H,15,16). The van der Waals surface area contributed by atoms with E-state index in [2.05, 4.69) is 31.9 Å². The maximum atomic E-state index is 12.2. The number of carboxylic acid groups (broad SMARTS) is 1. The number of rotatable bonds is 6. The Bertz CT molecular complexity index is 501. The van der Waals surface area contributed by atoms with Gasteiger partial charge in [-0.25, -0.2) is 0 Å². The molecule has 0 aliphatic carbocycles. The van der Waals surface area contributed by atoms with Gasteiger partial charge in [-0.05, 0) is 28.1 Å². The molecule has 0 radical (unpaired) electrons. The fourth-order valence-electron chi connectivity index (χ4n) is 1.47. The summed E-state index contributed by atoms with van der Waals surface area (Å²) in [6.45, 7) is 0. The molecule has 5 nitrogen and oxygen atoms in total. The van der Waals surface area contributed by atoms with Gasteiger partial charge in [0.1, 0.15) is 11.5 Å². The van der Waals surface area contributed by atoms with Gasteiger partial charge in [0, 0.05) is 0 Å². The number of Topliss-reactive ketones (excluding diaryl/α,β-unsaturated/α-hetero) is 1. The lowest BCUT2D eigenvalue weighted by Gasteiger charge is -2.13. The zero-order valence-corrected chi connectivity index (χ0v) is 13.4. The number of methoxy groups -OCH3 is 2. The first kappa shape index (κ1) is 16.0. The largest absolute Gasteiger partial charge is 0.496 e. The number of halogens is 2. The van der Waals surface area contributed by atoms with E-state index in [9.17, 15) is 9.59 Å². The number of benzene rings is 1. The van der Waals surface area contributed by atoms with Crippen molar-refractivity contribution in [1.82, 2.24) is 0 Å². The van der Waals surface area contributed by atoms with E-state index >= 15 is 0 Å². The number of carbonyl (C=O) groups excluding carboxylic acids is 1. The molecule has 1 rings (SSSR count). The van der Waals surface area contributed by atoms with Crippen LogP contribution in [0.5, 0.6) is 11.5 Å². The second-order valence-electron chi connectivity index (χ2n) is 3.62. The monoisotopic (exact) mass is 394 g/mol. The van der Waals surface area contributed by atoms with Gasteiger partial charge in [-0.15, -0.1) is 0 Å². The summed E-state index contributed by atoms with van der Waals surface area (Å²) in [4.78, 5) is 22.0. The van der Waals surface area contributed by atoms with Crippen LogP contribution in [0.25, 0.3) is 0 Å². The normalized spacial score (nSPS) is 11.8. The fraction of sp³-hybridized carbons (Fsp3) is 0.333. The lowest BCUT2D eigenvalue weighted by molar-refractivity contribution is -0.136. The quantitative estimate of drug-likeness (QED) is 0.592. The van der Waals surface area contributed by atoms with Crippen molar-refractivity contribution in [3.05, 3.63) is 22.2 Å². The predicted octanol–water partition coefficient (Wildman–Crippen LogP) is 2.89. The van der Waals surface area contributed by atoms with Crippen LogP contribution in [-0.2, 0) is 4.79 Å². The summed E-state index contributed by atoms with van der Waals surface area (Å²) in [6.07, 6.45) is -0.305. The minimum absolute atomic E-state index is 0.269. The molecule has 0 heterocycles. The van der Waals surface area contributed by atoms with Gasteiger partial charge in [-0.1, -0.05) is 15.9 Å². The van der Waals surface area contributed by atoms with Gasteiger partial charge < -0.3 is 14.6 Å². The number of carboxylic acids is 1. The molecule has 1 aromatic rings. The molecule has 0 fully saturated rings. The van der Waals surface area contributed by atoms with E-state index in [1.165, 1.54) is 20.3 Å². The SMILES string of the molecule is COc1cc(C(=O)C(Br)CC(=O)O)c(OC)cc1Br. The molecule has 1 aromatic carbocycles. The first-order valence-corrected chi connectivity index (χ1v) is 6.93. The van der Waals surface area contributed by atoms with Crippen molar-refractivity contribution < 1.29 is 24.2 Å². The fourth-order valence-corrected chi connectivity index (χ4v) is 2.48. The van der Waals surface area contributed by atoms with Crippen molar-refractivity contribution in [2.24, 2.45) is 0 Å². The van der Waals surface area contributed by atoms with Crippen LogP contribution in [-0.4, -0.2) is 35.9 Å². The molecule has 0 aliphatic heterocycles. The first-order valence-electron chi connectivity index (χ1n) is 5.22. The van der Waals surface area contributed by atoms with Crippen LogP contribution < -0.4 is 9.47 Å². The molecule has 0 bridgehead atoms. The molecular formula is C12H12Br2O5. The van der Waals surface area contributed by atoms with Crippen molar-refractivity contribution in [1.29, 1.82) is 0 Å². The number of ether oxygens (including phenoxy) is 2. The topological polar surface area (TPSA) is 72.8 Å². The summed E-state index contributed by atoms with van der Waals surface area (Å²) in [5.41, 5.74) is 0.269. The smallest absolute Gasteiger partial charge is 0.304 e. The van der Waals surface area contributed by atoms with E-state index in [0.29, 0.717) is 16.0 Å². The highest BCUT2D eigenvalue weighted by Gasteiger charge is 2.24. The van der Waals surface area contributed by atoms with Crippen molar-refractivity contribution in [3.8, 4) is 11.5 Å². The van der Waals surface area contributed by atoms with Crippen LogP contribution in [0.1, 0.15) is 16.8 Å². The number of aliphatic carboxylic acids is 1. The van der Waals surface area contributed by atoms with Gasteiger partial charge in [-0.2, -0.15) is 0 Å². The van der Waals surface area contributed by atoms with Gasteiger partial charge in [0.25, 0.3) is 0 Å². The lowest BCUT2D eigenvalue weighted by Crippen LogP contribution is -2.19. The summed E-state index contributed by atoms with van der Waals surface area (Å²) in [6, 6.07) is 3.12. The molecule has 1 N–H and O–H groups in total. The Morgan fingerprint density at radius 1 is 1.26 bits per heavy atom. The summed E-state index contributed by atoms with van der Waals surface area (Å²) < 4.78 is 10.9. The van der Waals surface area contributed by atoms with Crippen molar-refractivity contribution in [2.75, 3.05) is 14.2 Å². The molecule has 104 valence electrons. The highest BCUT2D eigenvalue weighted by Crippen LogP contribution is 2.34. The predicted molar refractivity (Wildman–Crippen MR) is 76.5 cm³/mol. The molecular weight excluding hydrogens is 384 g/mol. The zero-order chi connectivity index (χ0) is 14.6. The van der Waals surface area contributed by atoms with Crippen LogP contribution in [0.4, 0.5) is 0 Å². The van der Waals surface area contributed by atoms with Crippen LogP contribution >= 0.6 is 31.9 Å². The van der Waals surface area contributed by atoms with Gasteiger partial charge in [0.2, 0.25) is 0 Å². The highest BCUT2D eigenvalue weighted by atomic mass is 79.9. The van der Waals surface area contributed by atoms with Gasteiger partial charge in [0.05, 0.1) is 35.5 Å². The maximum absolute atomic E-state index is 12.2.